The molecule has 0 unspecified atom stereocenters. The average Bonchev–Trinajstić information content (AvgIpc) is 2.93. The van der Waals surface area contributed by atoms with Gasteiger partial charge in [0.2, 0.25) is 0 Å². The van der Waals surface area contributed by atoms with E-state index in [1.165, 1.54) is 0 Å². The fourth-order valence-electron chi connectivity index (χ4n) is 2.42. The lowest BCUT2D eigenvalue weighted by Gasteiger charge is -2.22. The molecule has 0 spiro atoms. The largest absolute Gasteiger partial charge is 0.399 e. The summed E-state index contributed by atoms with van der Waals surface area (Å²) in [5.41, 5.74) is 6.93. The first-order valence-electron chi connectivity index (χ1n) is 6.44. The summed E-state index contributed by atoms with van der Waals surface area (Å²) in [4.78, 5) is 0. The van der Waals surface area contributed by atoms with E-state index >= 15 is 0 Å². The Morgan fingerprint density at radius 3 is 2.71 bits per heavy atom. The van der Waals surface area contributed by atoms with Crippen molar-refractivity contribution in [1.29, 1.82) is 0 Å². The second-order valence-electron chi connectivity index (χ2n) is 4.89. The quantitative estimate of drug-likeness (QED) is 0.844. The summed E-state index contributed by atoms with van der Waals surface area (Å²) in [6.45, 7) is 0. The third-order valence-corrected chi connectivity index (χ3v) is 5.67. The Hall–Kier alpha value is -1.18. The molecule has 1 saturated heterocycles. The Kier molecular flexibility index (Phi) is 4.14. The van der Waals surface area contributed by atoms with Crippen LogP contribution in [0.25, 0.3) is 11.4 Å². The van der Waals surface area contributed by atoms with E-state index in [4.69, 9.17) is 28.9 Å². The van der Waals surface area contributed by atoms with Crippen LogP contribution in [-0.4, -0.2) is 35.9 Å². The van der Waals surface area contributed by atoms with E-state index in [0.717, 1.165) is 12.8 Å². The topological polar surface area (TPSA) is 86.7 Å². The van der Waals surface area contributed by atoms with Gasteiger partial charge in [-0.3, -0.25) is 4.21 Å². The van der Waals surface area contributed by atoms with Crippen molar-refractivity contribution in [2.24, 2.45) is 0 Å². The Morgan fingerprint density at radius 2 is 2.00 bits per heavy atom. The number of aromatic nitrogens is 4. The zero-order valence-electron chi connectivity index (χ0n) is 11.0. The van der Waals surface area contributed by atoms with Crippen molar-refractivity contribution in [3.05, 3.63) is 22.2 Å². The summed E-state index contributed by atoms with van der Waals surface area (Å²) in [5, 5.41) is 12.6. The van der Waals surface area contributed by atoms with Gasteiger partial charge in [-0.25, -0.2) is 4.68 Å². The van der Waals surface area contributed by atoms with E-state index in [0.29, 0.717) is 38.6 Å². The third kappa shape index (κ3) is 2.90. The first-order chi connectivity index (χ1) is 10.1. The van der Waals surface area contributed by atoms with Crippen molar-refractivity contribution in [3.8, 4) is 11.4 Å². The van der Waals surface area contributed by atoms with Crippen LogP contribution in [0.5, 0.6) is 0 Å². The summed E-state index contributed by atoms with van der Waals surface area (Å²) in [5.74, 6) is 1.86. The van der Waals surface area contributed by atoms with Gasteiger partial charge in [-0.2, -0.15) is 0 Å². The maximum absolute atomic E-state index is 11.5. The predicted octanol–water partition coefficient (Wildman–Crippen LogP) is 2.31. The first kappa shape index (κ1) is 14.7. The van der Waals surface area contributed by atoms with Gasteiger partial charge in [0.25, 0.3) is 0 Å². The van der Waals surface area contributed by atoms with Gasteiger partial charge in [0.15, 0.2) is 5.82 Å². The maximum Gasteiger partial charge on any atom is 0.183 e. The number of nitrogens with two attached hydrogens (primary N) is 1. The fraction of sp³-hybridized carbons (Fsp3) is 0.417. The third-order valence-electron chi connectivity index (χ3n) is 3.49. The van der Waals surface area contributed by atoms with Crippen LogP contribution in [0.15, 0.2) is 12.1 Å². The molecule has 6 nitrogen and oxygen atoms in total. The van der Waals surface area contributed by atoms with Gasteiger partial charge < -0.3 is 5.73 Å². The Morgan fingerprint density at radius 1 is 1.29 bits per heavy atom. The maximum atomic E-state index is 11.5. The van der Waals surface area contributed by atoms with Crippen molar-refractivity contribution in [2.75, 3.05) is 17.2 Å². The minimum atomic E-state index is -0.734. The van der Waals surface area contributed by atoms with E-state index in [1.54, 1.807) is 16.8 Å². The number of benzene rings is 1. The number of nitrogens with zero attached hydrogens (tertiary/aromatic N) is 4. The zero-order valence-corrected chi connectivity index (χ0v) is 13.3. The lowest BCUT2D eigenvalue weighted by molar-refractivity contribution is 0.415. The van der Waals surface area contributed by atoms with Crippen molar-refractivity contribution >= 4 is 39.7 Å². The van der Waals surface area contributed by atoms with Crippen LogP contribution in [0.2, 0.25) is 10.0 Å². The van der Waals surface area contributed by atoms with Gasteiger partial charge in [-0.15, -0.1) is 5.10 Å². The first-order valence-corrected chi connectivity index (χ1v) is 8.68. The lowest BCUT2D eigenvalue weighted by Crippen LogP contribution is -2.23. The molecular weight excluding hydrogens is 333 g/mol. The molecule has 0 bridgehead atoms. The summed E-state index contributed by atoms with van der Waals surface area (Å²) in [6, 6.07) is 3.41. The van der Waals surface area contributed by atoms with Crippen molar-refractivity contribution < 1.29 is 4.21 Å². The van der Waals surface area contributed by atoms with Gasteiger partial charge in [-0.1, -0.05) is 23.2 Å². The molecule has 1 aromatic carbocycles. The van der Waals surface area contributed by atoms with Gasteiger partial charge in [-0.05, 0) is 35.4 Å². The highest BCUT2D eigenvalue weighted by Crippen LogP contribution is 2.36. The van der Waals surface area contributed by atoms with E-state index in [9.17, 15) is 4.21 Å². The number of anilines is 1. The summed E-state index contributed by atoms with van der Waals surface area (Å²) < 4.78 is 13.2. The van der Waals surface area contributed by atoms with Gasteiger partial charge in [0.05, 0.1) is 16.1 Å². The molecule has 0 atom stereocenters. The molecule has 1 fully saturated rings. The van der Waals surface area contributed by atoms with Crippen LogP contribution < -0.4 is 5.73 Å². The smallest absolute Gasteiger partial charge is 0.183 e. The van der Waals surface area contributed by atoms with Gasteiger partial charge in [0.1, 0.15) is 0 Å². The van der Waals surface area contributed by atoms with Crippen LogP contribution >= 0.6 is 23.2 Å². The van der Waals surface area contributed by atoms with Crippen LogP contribution in [0.4, 0.5) is 5.69 Å². The molecule has 0 aliphatic carbocycles. The summed E-state index contributed by atoms with van der Waals surface area (Å²) >= 11 is 12.3. The molecule has 2 heterocycles. The normalized spacial score (nSPS) is 22.4. The minimum Gasteiger partial charge on any atom is -0.399 e. The molecule has 2 aromatic rings. The molecular formula is C12H13Cl2N5OS. The standard InChI is InChI=1S/C12H13Cl2N5OS/c13-10-6-7(15)5-9(11(10)14)12-16-17-18-19(12)8-1-3-21(20)4-2-8/h5-6,8H,1-4,15H2. The second-order valence-corrected chi connectivity index (χ2v) is 7.37. The molecule has 1 aliphatic heterocycles. The monoisotopic (exact) mass is 345 g/mol. The number of halogens is 2. The lowest BCUT2D eigenvalue weighted by atomic mass is 10.1. The highest BCUT2D eigenvalue weighted by Gasteiger charge is 2.25. The van der Waals surface area contributed by atoms with Crippen LogP contribution in [-0.2, 0) is 10.8 Å². The number of rotatable bonds is 2. The molecule has 112 valence electrons. The average molecular weight is 346 g/mol. The molecule has 0 amide bonds. The van der Waals surface area contributed by atoms with E-state index in [-0.39, 0.29) is 6.04 Å². The highest BCUT2D eigenvalue weighted by molar-refractivity contribution is 7.85. The Labute approximate surface area is 134 Å². The van der Waals surface area contributed by atoms with Crippen molar-refractivity contribution in [3.63, 3.8) is 0 Å². The second kappa shape index (κ2) is 5.90. The van der Waals surface area contributed by atoms with E-state index < -0.39 is 10.8 Å². The molecule has 0 radical (unpaired) electrons. The highest BCUT2D eigenvalue weighted by atomic mass is 35.5. The minimum absolute atomic E-state index is 0.115. The van der Waals surface area contributed by atoms with Crippen molar-refractivity contribution in [1.82, 2.24) is 20.2 Å². The molecule has 0 saturated carbocycles. The number of hydrogen-bond donors (Lipinski definition) is 1. The molecule has 1 aliphatic rings. The molecule has 9 heteroatoms. The predicted molar refractivity (Wildman–Crippen MR) is 83.8 cm³/mol. The Balaban J connectivity index is 2.01. The number of tetrazole rings is 1. The van der Waals surface area contributed by atoms with Gasteiger partial charge >= 0.3 is 0 Å². The van der Waals surface area contributed by atoms with E-state index in [1.807, 2.05) is 0 Å². The number of hydrogen-bond acceptors (Lipinski definition) is 5. The summed E-state index contributed by atoms with van der Waals surface area (Å²) in [7, 11) is -0.734. The fourth-order valence-corrected chi connectivity index (χ4v) is 4.11. The SMILES string of the molecule is Nc1cc(Cl)c(Cl)c(-c2nnnn2C2CCS(=O)CC2)c1. The van der Waals surface area contributed by atoms with Crippen LogP contribution in [0, 0.1) is 0 Å². The van der Waals surface area contributed by atoms with Crippen LogP contribution in [0.3, 0.4) is 0 Å². The van der Waals surface area contributed by atoms with Crippen molar-refractivity contribution in [2.45, 2.75) is 18.9 Å². The molecule has 3 rings (SSSR count). The summed E-state index contributed by atoms with van der Waals surface area (Å²) in [6.07, 6.45) is 1.55. The van der Waals surface area contributed by atoms with Gasteiger partial charge in [0, 0.05) is 33.6 Å². The van der Waals surface area contributed by atoms with E-state index in [2.05, 4.69) is 15.5 Å². The molecule has 1 aromatic heterocycles. The molecule has 21 heavy (non-hydrogen) atoms. The Bertz CT molecular complexity index is 695. The van der Waals surface area contributed by atoms with Crippen LogP contribution in [0.1, 0.15) is 18.9 Å². The zero-order chi connectivity index (χ0) is 15.0. The number of nitrogen functional groups attached to an aromatic ring is 1. The molecule has 2 N–H and O–H groups in total.